The fraction of sp³-hybridized carbons (Fsp3) is 0.714. The summed E-state index contributed by atoms with van der Waals surface area (Å²) in [6, 6.07) is 0.282. The predicted molar refractivity (Wildman–Crippen MR) is 85.2 cm³/mol. The highest BCUT2D eigenvalue weighted by atomic mass is 16.2. The Hall–Kier alpha value is -2.12. The molecule has 8 nitrogen and oxygen atoms in total. The number of aryl methyl sites for hydroxylation is 2. The topological polar surface area (TPSA) is 79.6 Å². The van der Waals surface area contributed by atoms with Crippen molar-refractivity contribution in [2.45, 2.75) is 53.6 Å². The summed E-state index contributed by atoms with van der Waals surface area (Å²) in [7, 11) is 3.45. The number of nitrogens with zero attached hydrogens (tertiary/aromatic N) is 6. The van der Waals surface area contributed by atoms with Crippen LogP contribution in [0.2, 0.25) is 0 Å². The van der Waals surface area contributed by atoms with Gasteiger partial charge in [-0.05, 0) is 41.5 Å². The van der Waals surface area contributed by atoms with Gasteiger partial charge in [0.1, 0.15) is 11.6 Å². The van der Waals surface area contributed by atoms with E-state index in [2.05, 4.69) is 10.2 Å². The SMILES string of the molecule is Cc1nn(C(C)C)c(=O)n1C.Cc1nn(C(C)C)c(=O)n1C. The molecule has 0 saturated heterocycles. The molecule has 0 aliphatic rings. The van der Waals surface area contributed by atoms with E-state index in [0.717, 1.165) is 11.6 Å². The molecular formula is C14H26N6O2. The van der Waals surface area contributed by atoms with Gasteiger partial charge in [-0.2, -0.15) is 10.2 Å². The monoisotopic (exact) mass is 310 g/mol. The normalized spacial score (nSPS) is 11.0. The van der Waals surface area contributed by atoms with E-state index in [1.165, 1.54) is 9.36 Å². The third kappa shape index (κ3) is 3.55. The predicted octanol–water partition coefficient (Wildman–Crippen LogP) is 0.942. The molecule has 0 saturated carbocycles. The molecule has 2 heterocycles. The molecule has 2 rings (SSSR count). The van der Waals surface area contributed by atoms with Crippen molar-refractivity contribution in [1.29, 1.82) is 0 Å². The molecule has 0 bridgehead atoms. The van der Waals surface area contributed by atoms with Crippen LogP contribution in [-0.4, -0.2) is 28.7 Å². The van der Waals surface area contributed by atoms with E-state index in [1.807, 2.05) is 41.5 Å². The molecule has 8 heteroatoms. The van der Waals surface area contributed by atoms with Crippen LogP contribution >= 0.6 is 0 Å². The maximum Gasteiger partial charge on any atom is 0.345 e. The summed E-state index contributed by atoms with van der Waals surface area (Å²) in [5.74, 6) is 1.51. The molecule has 2 aromatic heterocycles. The van der Waals surface area contributed by atoms with Crippen molar-refractivity contribution in [2.24, 2.45) is 14.1 Å². The van der Waals surface area contributed by atoms with Crippen molar-refractivity contribution >= 4 is 0 Å². The number of aromatic nitrogens is 6. The van der Waals surface area contributed by atoms with Crippen molar-refractivity contribution in [2.75, 3.05) is 0 Å². The first kappa shape index (κ1) is 17.9. The van der Waals surface area contributed by atoms with Gasteiger partial charge >= 0.3 is 11.4 Å². The molecule has 0 amide bonds. The summed E-state index contributed by atoms with van der Waals surface area (Å²) in [6.45, 7) is 11.4. The highest BCUT2D eigenvalue weighted by Gasteiger charge is 2.08. The zero-order chi connectivity index (χ0) is 17.2. The average molecular weight is 310 g/mol. The van der Waals surface area contributed by atoms with E-state index < -0.39 is 0 Å². The Labute approximate surface area is 130 Å². The lowest BCUT2D eigenvalue weighted by molar-refractivity contribution is 0.507. The van der Waals surface area contributed by atoms with Crippen LogP contribution in [0.4, 0.5) is 0 Å². The lowest BCUT2D eigenvalue weighted by Gasteiger charge is -2.00. The minimum Gasteiger partial charge on any atom is -0.282 e. The summed E-state index contributed by atoms with van der Waals surface area (Å²) in [5.41, 5.74) is -0.0880. The minimum absolute atomic E-state index is 0.0440. The maximum absolute atomic E-state index is 11.3. The Balaban J connectivity index is 0.000000220. The van der Waals surface area contributed by atoms with Crippen LogP contribution < -0.4 is 11.4 Å². The summed E-state index contributed by atoms with van der Waals surface area (Å²) in [4.78, 5) is 22.6. The molecule has 0 aromatic carbocycles. The Morgan fingerprint density at radius 3 is 1.09 bits per heavy atom. The molecule has 22 heavy (non-hydrogen) atoms. The van der Waals surface area contributed by atoms with Crippen LogP contribution in [0.5, 0.6) is 0 Å². The first-order chi connectivity index (χ1) is 10.1. The molecule has 0 N–H and O–H groups in total. The summed E-state index contributed by atoms with van der Waals surface area (Å²) >= 11 is 0. The zero-order valence-corrected chi connectivity index (χ0v) is 14.7. The van der Waals surface area contributed by atoms with Gasteiger partial charge in [-0.25, -0.2) is 19.0 Å². The second-order valence-electron chi connectivity index (χ2n) is 5.85. The van der Waals surface area contributed by atoms with Crippen LogP contribution in [0.15, 0.2) is 9.59 Å². The van der Waals surface area contributed by atoms with E-state index in [9.17, 15) is 9.59 Å². The highest BCUT2D eigenvalue weighted by molar-refractivity contribution is 4.83. The fourth-order valence-corrected chi connectivity index (χ4v) is 1.79. The van der Waals surface area contributed by atoms with Crippen molar-refractivity contribution in [3.05, 3.63) is 32.6 Å². The Bertz CT molecular complexity index is 680. The van der Waals surface area contributed by atoms with Crippen molar-refractivity contribution in [1.82, 2.24) is 28.7 Å². The molecule has 0 spiro atoms. The Morgan fingerprint density at radius 2 is 1.00 bits per heavy atom. The lowest BCUT2D eigenvalue weighted by Crippen LogP contribution is -2.24. The Morgan fingerprint density at radius 1 is 0.727 bits per heavy atom. The number of rotatable bonds is 2. The first-order valence-electron chi connectivity index (χ1n) is 7.32. The second-order valence-corrected chi connectivity index (χ2v) is 5.85. The Kier molecular flexibility index (Phi) is 5.51. The standard InChI is InChI=1S/2C7H13N3O/c2*1-5(2)10-7(11)9(4)6(3)8-10/h2*5H,1-4H3. The van der Waals surface area contributed by atoms with E-state index >= 15 is 0 Å². The van der Waals surface area contributed by atoms with Crippen LogP contribution in [0.3, 0.4) is 0 Å². The largest absolute Gasteiger partial charge is 0.345 e. The molecule has 0 atom stereocenters. The first-order valence-corrected chi connectivity index (χ1v) is 7.32. The van der Waals surface area contributed by atoms with Crippen LogP contribution in [0.1, 0.15) is 51.4 Å². The van der Waals surface area contributed by atoms with Crippen LogP contribution in [-0.2, 0) is 14.1 Å². The molecular weight excluding hydrogens is 284 g/mol. The molecule has 0 unspecified atom stereocenters. The summed E-state index contributed by atoms with van der Waals surface area (Å²) in [6.07, 6.45) is 0. The molecule has 0 radical (unpaired) electrons. The zero-order valence-electron chi connectivity index (χ0n) is 14.7. The van der Waals surface area contributed by atoms with Gasteiger partial charge in [0.15, 0.2) is 0 Å². The van der Waals surface area contributed by atoms with Gasteiger partial charge in [0.2, 0.25) is 0 Å². The van der Waals surface area contributed by atoms with E-state index in [1.54, 1.807) is 23.2 Å². The fourth-order valence-electron chi connectivity index (χ4n) is 1.79. The second kappa shape index (κ2) is 6.76. The van der Waals surface area contributed by atoms with Gasteiger partial charge in [0.25, 0.3) is 0 Å². The molecule has 0 aliphatic carbocycles. The van der Waals surface area contributed by atoms with Crippen LogP contribution in [0.25, 0.3) is 0 Å². The molecule has 2 aromatic rings. The van der Waals surface area contributed by atoms with Gasteiger partial charge in [-0.15, -0.1) is 0 Å². The van der Waals surface area contributed by atoms with Crippen LogP contribution in [0, 0.1) is 13.8 Å². The summed E-state index contributed by atoms with van der Waals surface area (Å²) in [5, 5.41) is 8.15. The minimum atomic E-state index is -0.0440. The van der Waals surface area contributed by atoms with Gasteiger partial charge in [0, 0.05) is 14.1 Å². The van der Waals surface area contributed by atoms with Gasteiger partial charge in [-0.3, -0.25) is 9.13 Å². The van der Waals surface area contributed by atoms with Gasteiger partial charge < -0.3 is 0 Å². The molecule has 0 fully saturated rings. The van der Waals surface area contributed by atoms with Crippen molar-refractivity contribution in [3.63, 3.8) is 0 Å². The van der Waals surface area contributed by atoms with E-state index in [0.29, 0.717) is 0 Å². The quantitative estimate of drug-likeness (QED) is 0.827. The average Bonchev–Trinajstić information content (AvgIpc) is 2.85. The van der Waals surface area contributed by atoms with Gasteiger partial charge in [0.05, 0.1) is 12.1 Å². The molecule has 124 valence electrons. The van der Waals surface area contributed by atoms with E-state index in [4.69, 9.17) is 0 Å². The maximum atomic E-state index is 11.3. The van der Waals surface area contributed by atoms with Gasteiger partial charge in [-0.1, -0.05) is 0 Å². The summed E-state index contributed by atoms with van der Waals surface area (Å²) < 4.78 is 6.05. The smallest absolute Gasteiger partial charge is 0.282 e. The highest BCUT2D eigenvalue weighted by Crippen LogP contribution is 1.98. The van der Waals surface area contributed by atoms with Crippen molar-refractivity contribution in [3.8, 4) is 0 Å². The number of hydrogen-bond acceptors (Lipinski definition) is 4. The third-order valence-electron chi connectivity index (χ3n) is 3.42. The number of hydrogen-bond donors (Lipinski definition) is 0. The molecule has 0 aliphatic heterocycles. The van der Waals surface area contributed by atoms with Crippen molar-refractivity contribution < 1.29 is 0 Å². The third-order valence-corrected chi connectivity index (χ3v) is 3.42. The lowest BCUT2D eigenvalue weighted by atomic mass is 10.4. The van der Waals surface area contributed by atoms with E-state index in [-0.39, 0.29) is 23.5 Å².